The van der Waals surface area contributed by atoms with Crippen LogP contribution in [-0.2, 0) is 52.9 Å². The summed E-state index contributed by atoms with van der Waals surface area (Å²) in [6, 6.07) is 22.7. The molecule has 3 aromatic carbocycles. The van der Waals surface area contributed by atoms with Gasteiger partial charge in [0.05, 0.1) is 20.2 Å². The topological polar surface area (TPSA) is 190 Å². The maximum Gasteiger partial charge on any atom is 0.408 e. The molecule has 0 aliphatic carbocycles. The average molecular weight is 760 g/mol. The van der Waals surface area contributed by atoms with Crippen LogP contribution in [0.4, 0.5) is 4.79 Å². The monoisotopic (exact) mass is 759 g/mol. The summed E-state index contributed by atoms with van der Waals surface area (Å²) in [6.07, 6.45) is -0.287. The van der Waals surface area contributed by atoms with Crippen LogP contribution >= 0.6 is 0 Å². The smallest absolute Gasteiger partial charge is 0.408 e. The van der Waals surface area contributed by atoms with Crippen molar-refractivity contribution in [2.45, 2.75) is 84.2 Å². The number of methoxy groups -OCH3 is 1. The van der Waals surface area contributed by atoms with Crippen LogP contribution in [0.15, 0.2) is 84.9 Å². The van der Waals surface area contributed by atoms with Crippen LogP contribution < -0.4 is 31.3 Å². The second-order valence-corrected chi connectivity index (χ2v) is 14.3. The second-order valence-electron chi connectivity index (χ2n) is 14.3. The summed E-state index contributed by atoms with van der Waals surface area (Å²) in [5.41, 5.74) is 1.66. The SMILES string of the molecule is COC(=O)[C@H](CC(C)C)NC(=O)[C@H](Cc1ccccc1)NC(=O)CNC(=O)CNC(=O)[C@H](Cc1ccc(OCc2ccccc2)cc1)NC(=O)OC(C)(C)C. The molecule has 0 saturated heterocycles. The highest BCUT2D eigenvalue weighted by molar-refractivity contribution is 5.93. The van der Waals surface area contributed by atoms with E-state index in [-0.39, 0.29) is 18.8 Å². The Kier molecular flexibility index (Phi) is 17.2. The normalized spacial score (nSPS) is 12.6. The van der Waals surface area contributed by atoms with Gasteiger partial charge in [-0.25, -0.2) is 9.59 Å². The van der Waals surface area contributed by atoms with Crippen LogP contribution in [0.2, 0.25) is 0 Å². The van der Waals surface area contributed by atoms with Gasteiger partial charge in [0.15, 0.2) is 0 Å². The Bertz CT molecular complexity index is 1710. The molecule has 0 bridgehead atoms. The molecule has 14 nitrogen and oxygen atoms in total. The Hall–Kier alpha value is -5.92. The first kappa shape index (κ1) is 43.5. The first-order chi connectivity index (χ1) is 26.1. The van der Waals surface area contributed by atoms with Gasteiger partial charge in [-0.2, -0.15) is 0 Å². The molecule has 0 aliphatic rings. The minimum atomic E-state index is -1.11. The number of carbonyl (C=O) groups is 6. The average Bonchev–Trinajstić information content (AvgIpc) is 3.14. The van der Waals surface area contributed by atoms with E-state index < -0.39 is 72.5 Å². The lowest BCUT2D eigenvalue weighted by molar-refractivity contribution is -0.145. The number of amides is 5. The number of esters is 1. The van der Waals surface area contributed by atoms with Gasteiger partial charge in [-0.15, -0.1) is 0 Å². The summed E-state index contributed by atoms with van der Waals surface area (Å²) in [6.45, 7) is 8.25. The van der Waals surface area contributed by atoms with Crippen LogP contribution in [0.25, 0.3) is 0 Å². The summed E-state index contributed by atoms with van der Waals surface area (Å²) in [5.74, 6) is -2.52. The zero-order chi connectivity index (χ0) is 40.4. The molecule has 0 fully saturated rings. The first-order valence-corrected chi connectivity index (χ1v) is 18.1. The lowest BCUT2D eigenvalue weighted by Crippen LogP contribution is -2.54. The van der Waals surface area contributed by atoms with Crippen molar-refractivity contribution in [1.29, 1.82) is 0 Å². The summed E-state index contributed by atoms with van der Waals surface area (Å²) >= 11 is 0. The van der Waals surface area contributed by atoms with Crippen molar-refractivity contribution >= 4 is 35.7 Å². The molecule has 0 spiro atoms. The van der Waals surface area contributed by atoms with Crippen LogP contribution in [0.1, 0.15) is 57.7 Å². The Morgan fingerprint density at radius 3 is 1.73 bits per heavy atom. The molecule has 5 amide bonds. The van der Waals surface area contributed by atoms with E-state index in [2.05, 4.69) is 26.6 Å². The molecule has 0 unspecified atom stereocenters. The van der Waals surface area contributed by atoms with E-state index in [1.807, 2.05) is 50.2 Å². The van der Waals surface area contributed by atoms with E-state index >= 15 is 0 Å². The number of rotatable bonds is 19. The minimum Gasteiger partial charge on any atom is -0.489 e. The fraction of sp³-hybridized carbons (Fsp3) is 0.415. The number of hydrogen-bond donors (Lipinski definition) is 5. The maximum atomic E-state index is 13.3. The Morgan fingerprint density at radius 2 is 1.16 bits per heavy atom. The van der Waals surface area contributed by atoms with Crippen LogP contribution in [0, 0.1) is 5.92 Å². The lowest BCUT2D eigenvalue weighted by Gasteiger charge is -2.24. The highest BCUT2D eigenvalue weighted by Gasteiger charge is 2.29. The number of benzene rings is 3. The van der Waals surface area contributed by atoms with Gasteiger partial charge in [-0.05, 0) is 61.9 Å². The summed E-state index contributed by atoms with van der Waals surface area (Å²) in [7, 11) is 1.23. The van der Waals surface area contributed by atoms with Gasteiger partial charge < -0.3 is 40.8 Å². The maximum absolute atomic E-state index is 13.3. The molecule has 55 heavy (non-hydrogen) atoms. The minimum absolute atomic E-state index is 0.0719. The number of nitrogens with one attached hydrogen (secondary N) is 5. The van der Waals surface area contributed by atoms with Crippen molar-refractivity contribution in [3.63, 3.8) is 0 Å². The zero-order valence-corrected chi connectivity index (χ0v) is 32.3. The van der Waals surface area contributed by atoms with Gasteiger partial charge >= 0.3 is 12.1 Å². The number of carbonyl (C=O) groups excluding carboxylic acids is 6. The molecule has 296 valence electrons. The molecule has 3 rings (SSSR count). The van der Waals surface area contributed by atoms with Gasteiger partial charge in [0.25, 0.3) is 0 Å². The van der Waals surface area contributed by atoms with Gasteiger partial charge in [0.2, 0.25) is 23.6 Å². The van der Waals surface area contributed by atoms with Crippen molar-refractivity contribution in [2.24, 2.45) is 5.92 Å². The standard InChI is InChI=1S/C41H53N5O9/c1-27(2)21-34(39(51)53-6)45-38(50)33(22-28-13-9-7-10-14-28)44-36(48)25-42-35(47)24-43-37(49)32(46-40(52)55-41(3,4)5)23-29-17-19-31(20-18-29)54-26-30-15-11-8-12-16-30/h7-20,27,32-34H,21-26H2,1-6H3,(H,42,47)(H,43,49)(H,44,48)(H,45,50)(H,46,52)/t32-,33-,34-/m0/s1. The predicted octanol–water partition coefficient (Wildman–Crippen LogP) is 3.37. The van der Waals surface area contributed by atoms with E-state index in [1.165, 1.54) is 7.11 Å². The summed E-state index contributed by atoms with van der Waals surface area (Å²) < 4.78 is 16.1. The predicted molar refractivity (Wildman–Crippen MR) is 206 cm³/mol. The number of alkyl carbamates (subject to hydrolysis) is 1. The molecule has 0 heterocycles. The number of ether oxygens (including phenoxy) is 3. The van der Waals surface area contributed by atoms with Gasteiger partial charge in [-0.3, -0.25) is 19.2 Å². The summed E-state index contributed by atoms with van der Waals surface area (Å²) in [4.78, 5) is 77.4. The molecule has 3 aromatic rings. The van der Waals surface area contributed by atoms with E-state index in [0.717, 1.165) is 11.1 Å². The molecule has 14 heteroatoms. The number of hydrogen-bond acceptors (Lipinski definition) is 9. The fourth-order valence-electron chi connectivity index (χ4n) is 5.29. The molecular weight excluding hydrogens is 706 g/mol. The lowest BCUT2D eigenvalue weighted by atomic mass is 10.0. The van der Waals surface area contributed by atoms with Crippen molar-refractivity contribution in [3.8, 4) is 5.75 Å². The third-order valence-electron chi connectivity index (χ3n) is 7.93. The Morgan fingerprint density at radius 1 is 0.618 bits per heavy atom. The molecule has 0 radical (unpaired) electrons. The summed E-state index contributed by atoms with van der Waals surface area (Å²) in [5, 5.41) is 12.8. The van der Waals surface area contributed by atoms with E-state index in [9.17, 15) is 28.8 Å². The Labute approximate surface area is 322 Å². The van der Waals surface area contributed by atoms with Crippen molar-refractivity contribution < 1.29 is 43.0 Å². The highest BCUT2D eigenvalue weighted by atomic mass is 16.6. The molecule has 0 aromatic heterocycles. The Balaban J connectivity index is 1.59. The zero-order valence-electron chi connectivity index (χ0n) is 32.3. The molecular formula is C41H53N5O9. The molecule has 0 aliphatic heterocycles. The van der Waals surface area contributed by atoms with E-state index in [0.29, 0.717) is 24.3 Å². The van der Waals surface area contributed by atoms with Gasteiger partial charge in [0, 0.05) is 12.8 Å². The molecule has 5 N–H and O–H groups in total. The van der Waals surface area contributed by atoms with Gasteiger partial charge in [0.1, 0.15) is 36.1 Å². The van der Waals surface area contributed by atoms with Crippen molar-refractivity contribution in [3.05, 3.63) is 102 Å². The van der Waals surface area contributed by atoms with Gasteiger partial charge in [-0.1, -0.05) is 86.6 Å². The van der Waals surface area contributed by atoms with Crippen molar-refractivity contribution in [1.82, 2.24) is 26.6 Å². The van der Waals surface area contributed by atoms with Crippen LogP contribution in [0.3, 0.4) is 0 Å². The molecule has 0 saturated carbocycles. The fourth-order valence-corrected chi connectivity index (χ4v) is 5.29. The van der Waals surface area contributed by atoms with Crippen LogP contribution in [-0.4, -0.2) is 79.6 Å². The van der Waals surface area contributed by atoms with Crippen LogP contribution in [0.5, 0.6) is 5.75 Å². The molecule has 3 atom stereocenters. The third-order valence-corrected chi connectivity index (χ3v) is 7.93. The van der Waals surface area contributed by atoms with E-state index in [4.69, 9.17) is 14.2 Å². The quantitative estimate of drug-likeness (QED) is 0.114. The van der Waals surface area contributed by atoms with E-state index in [1.54, 1.807) is 69.3 Å². The second kappa shape index (κ2) is 21.7. The first-order valence-electron chi connectivity index (χ1n) is 18.1. The third kappa shape index (κ3) is 16.7. The highest BCUT2D eigenvalue weighted by Crippen LogP contribution is 2.16. The largest absolute Gasteiger partial charge is 0.489 e. The van der Waals surface area contributed by atoms with Crippen molar-refractivity contribution in [2.75, 3.05) is 20.2 Å².